The maximum atomic E-state index is 12.4. The Labute approximate surface area is 124 Å². The van der Waals surface area contributed by atoms with Gasteiger partial charge in [0.05, 0.1) is 5.25 Å². The van der Waals surface area contributed by atoms with Gasteiger partial charge in [-0.1, -0.05) is 18.2 Å². The van der Waals surface area contributed by atoms with Gasteiger partial charge in [-0.2, -0.15) is 0 Å². The van der Waals surface area contributed by atoms with Crippen molar-refractivity contribution in [2.75, 3.05) is 7.05 Å². The van der Waals surface area contributed by atoms with E-state index in [4.69, 9.17) is 0 Å². The van der Waals surface area contributed by atoms with Crippen LogP contribution < -0.4 is 10.6 Å². The Bertz CT molecular complexity index is 458. The van der Waals surface area contributed by atoms with Crippen molar-refractivity contribution in [2.45, 2.75) is 54.3 Å². The number of carbonyl (C=O) groups excluding carboxylic acids is 1. The fourth-order valence-electron chi connectivity index (χ4n) is 3.15. The van der Waals surface area contributed by atoms with Crippen LogP contribution in [0.3, 0.4) is 0 Å². The minimum absolute atomic E-state index is 0.0643. The standard InChI is InChI=1S/C16H22N2OS/c1-17-12-6-8-13(9-7-12)18-16(19)15-10-11-4-2-3-5-14(11)20-15/h2-5,12-13,15,17H,6-10H2,1H3,(H,18,19). The number of hydrogen-bond donors (Lipinski definition) is 2. The molecule has 1 saturated carbocycles. The summed E-state index contributed by atoms with van der Waals surface area (Å²) >= 11 is 1.71. The quantitative estimate of drug-likeness (QED) is 0.898. The average Bonchev–Trinajstić information content (AvgIpc) is 2.92. The van der Waals surface area contributed by atoms with E-state index in [0.29, 0.717) is 12.1 Å². The summed E-state index contributed by atoms with van der Waals surface area (Å²) in [4.78, 5) is 13.7. The Morgan fingerprint density at radius 3 is 2.55 bits per heavy atom. The van der Waals surface area contributed by atoms with Gasteiger partial charge in [-0.05, 0) is 50.8 Å². The summed E-state index contributed by atoms with van der Waals surface area (Å²) in [7, 11) is 2.02. The highest BCUT2D eigenvalue weighted by molar-refractivity contribution is 8.01. The number of benzene rings is 1. The first-order valence-corrected chi connectivity index (χ1v) is 8.36. The third kappa shape index (κ3) is 3.01. The van der Waals surface area contributed by atoms with Crippen LogP contribution in [0.25, 0.3) is 0 Å². The molecule has 1 aliphatic carbocycles. The number of rotatable bonds is 3. The molecule has 0 radical (unpaired) electrons. The lowest BCUT2D eigenvalue weighted by atomic mass is 9.91. The zero-order chi connectivity index (χ0) is 13.9. The first-order valence-electron chi connectivity index (χ1n) is 7.48. The third-order valence-electron chi connectivity index (χ3n) is 4.42. The molecule has 0 spiro atoms. The Morgan fingerprint density at radius 2 is 1.85 bits per heavy atom. The van der Waals surface area contributed by atoms with Crippen LogP contribution in [-0.2, 0) is 11.2 Å². The van der Waals surface area contributed by atoms with Crippen LogP contribution in [0.2, 0.25) is 0 Å². The van der Waals surface area contributed by atoms with E-state index in [1.807, 2.05) is 13.1 Å². The van der Waals surface area contributed by atoms with Crippen molar-refractivity contribution in [3.05, 3.63) is 29.8 Å². The van der Waals surface area contributed by atoms with E-state index in [0.717, 1.165) is 19.3 Å². The van der Waals surface area contributed by atoms with E-state index >= 15 is 0 Å². The molecule has 1 amide bonds. The summed E-state index contributed by atoms with van der Waals surface area (Å²) in [5.74, 6) is 0.221. The molecule has 20 heavy (non-hydrogen) atoms. The first kappa shape index (κ1) is 14.0. The van der Waals surface area contributed by atoms with Gasteiger partial charge in [0, 0.05) is 17.0 Å². The first-order chi connectivity index (χ1) is 9.76. The van der Waals surface area contributed by atoms with Crippen LogP contribution in [-0.4, -0.2) is 30.3 Å². The highest BCUT2D eigenvalue weighted by Gasteiger charge is 2.30. The molecule has 1 heterocycles. The van der Waals surface area contributed by atoms with Crippen LogP contribution in [0.15, 0.2) is 29.2 Å². The van der Waals surface area contributed by atoms with Crippen molar-refractivity contribution in [1.29, 1.82) is 0 Å². The molecule has 1 aromatic carbocycles. The molecule has 3 rings (SSSR count). The summed E-state index contributed by atoms with van der Waals surface area (Å²) in [6.07, 6.45) is 5.40. The fraction of sp³-hybridized carbons (Fsp3) is 0.562. The lowest BCUT2D eigenvalue weighted by molar-refractivity contribution is -0.121. The molecule has 2 aliphatic rings. The number of nitrogens with one attached hydrogen (secondary N) is 2. The van der Waals surface area contributed by atoms with Gasteiger partial charge in [0.2, 0.25) is 5.91 Å². The predicted molar refractivity (Wildman–Crippen MR) is 83.0 cm³/mol. The Balaban J connectivity index is 1.52. The number of fused-ring (bicyclic) bond motifs is 1. The molecule has 108 valence electrons. The molecule has 1 aromatic rings. The van der Waals surface area contributed by atoms with Gasteiger partial charge >= 0.3 is 0 Å². The number of hydrogen-bond acceptors (Lipinski definition) is 3. The van der Waals surface area contributed by atoms with Gasteiger partial charge in [-0.25, -0.2) is 0 Å². The van der Waals surface area contributed by atoms with Crippen LogP contribution in [0, 0.1) is 0 Å². The molecular weight excluding hydrogens is 268 g/mol. The molecule has 1 unspecified atom stereocenters. The highest BCUT2D eigenvalue weighted by atomic mass is 32.2. The zero-order valence-corrected chi connectivity index (χ0v) is 12.7. The molecule has 0 saturated heterocycles. The van der Waals surface area contributed by atoms with Crippen molar-refractivity contribution >= 4 is 17.7 Å². The predicted octanol–water partition coefficient (Wildman–Crippen LogP) is 2.35. The second-order valence-electron chi connectivity index (χ2n) is 5.76. The van der Waals surface area contributed by atoms with Crippen molar-refractivity contribution in [2.24, 2.45) is 0 Å². The molecule has 2 N–H and O–H groups in total. The van der Waals surface area contributed by atoms with Crippen LogP contribution >= 0.6 is 11.8 Å². The lowest BCUT2D eigenvalue weighted by Crippen LogP contribution is -2.44. The molecule has 0 aromatic heterocycles. The van der Waals surface area contributed by atoms with E-state index in [2.05, 4.69) is 28.8 Å². The molecule has 1 atom stereocenters. The van der Waals surface area contributed by atoms with Crippen LogP contribution in [0.5, 0.6) is 0 Å². The van der Waals surface area contributed by atoms with E-state index in [-0.39, 0.29) is 11.2 Å². The van der Waals surface area contributed by atoms with Gasteiger partial charge in [-0.3, -0.25) is 4.79 Å². The monoisotopic (exact) mass is 290 g/mol. The van der Waals surface area contributed by atoms with E-state index in [1.165, 1.54) is 23.3 Å². The number of carbonyl (C=O) groups is 1. The third-order valence-corrected chi connectivity index (χ3v) is 5.74. The zero-order valence-electron chi connectivity index (χ0n) is 11.9. The molecule has 1 fully saturated rings. The average molecular weight is 290 g/mol. The van der Waals surface area contributed by atoms with Crippen LogP contribution in [0.4, 0.5) is 0 Å². The summed E-state index contributed by atoms with van der Waals surface area (Å²) in [6.45, 7) is 0. The van der Waals surface area contributed by atoms with Gasteiger partial charge in [-0.15, -0.1) is 11.8 Å². The summed E-state index contributed by atoms with van der Waals surface area (Å²) < 4.78 is 0. The minimum Gasteiger partial charge on any atom is -0.352 e. The smallest absolute Gasteiger partial charge is 0.234 e. The highest BCUT2D eigenvalue weighted by Crippen LogP contribution is 2.37. The SMILES string of the molecule is CNC1CCC(NC(=O)C2Cc3ccccc3S2)CC1. The lowest BCUT2D eigenvalue weighted by Gasteiger charge is -2.29. The normalized spacial score (nSPS) is 28.9. The van der Waals surface area contributed by atoms with E-state index < -0.39 is 0 Å². The van der Waals surface area contributed by atoms with Crippen molar-refractivity contribution in [1.82, 2.24) is 10.6 Å². The molecular formula is C16H22N2OS. The topological polar surface area (TPSA) is 41.1 Å². The second-order valence-corrected chi connectivity index (χ2v) is 7.01. The maximum Gasteiger partial charge on any atom is 0.234 e. The Kier molecular flexibility index (Phi) is 4.32. The van der Waals surface area contributed by atoms with Gasteiger partial charge in [0.25, 0.3) is 0 Å². The van der Waals surface area contributed by atoms with Crippen molar-refractivity contribution in [3.8, 4) is 0 Å². The molecule has 3 nitrogen and oxygen atoms in total. The second kappa shape index (κ2) is 6.19. The fourth-order valence-corrected chi connectivity index (χ4v) is 4.35. The van der Waals surface area contributed by atoms with Crippen molar-refractivity contribution in [3.63, 3.8) is 0 Å². The molecule has 0 bridgehead atoms. The minimum atomic E-state index is 0.0643. The van der Waals surface area contributed by atoms with Gasteiger partial charge in [0.1, 0.15) is 0 Å². The van der Waals surface area contributed by atoms with Crippen molar-refractivity contribution < 1.29 is 4.79 Å². The number of amides is 1. The Hall–Kier alpha value is -1.00. The largest absolute Gasteiger partial charge is 0.352 e. The van der Waals surface area contributed by atoms with Gasteiger partial charge in [0.15, 0.2) is 0 Å². The summed E-state index contributed by atoms with van der Waals surface area (Å²) in [5, 5.41) is 6.64. The summed E-state index contributed by atoms with van der Waals surface area (Å²) in [6, 6.07) is 9.35. The maximum absolute atomic E-state index is 12.4. The van der Waals surface area contributed by atoms with Crippen LogP contribution in [0.1, 0.15) is 31.2 Å². The van der Waals surface area contributed by atoms with E-state index in [9.17, 15) is 4.79 Å². The van der Waals surface area contributed by atoms with Gasteiger partial charge < -0.3 is 10.6 Å². The molecule has 4 heteroatoms. The van der Waals surface area contributed by atoms with E-state index in [1.54, 1.807) is 11.8 Å². The summed E-state index contributed by atoms with van der Waals surface area (Å²) in [5.41, 5.74) is 1.32. The Morgan fingerprint density at radius 1 is 1.15 bits per heavy atom. The molecule has 1 aliphatic heterocycles. The number of thioether (sulfide) groups is 1.